The number of phenolic OH excluding ortho intramolecular Hbond substituents is 3. The van der Waals surface area contributed by atoms with Crippen LogP contribution in [0.4, 0.5) is 17.1 Å². The number of nitrogens with zero attached hydrogens (tertiary/aromatic N) is 3. The molecule has 0 heterocycles. The highest BCUT2D eigenvalue weighted by molar-refractivity contribution is 5.48. The van der Waals surface area contributed by atoms with Crippen LogP contribution in [-0.2, 0) is 0 Å². The standard InChI is InChI=1S/3C8H11NO.CH4/c3*1-9(2)7-3-5-8(10)6-4-7;/h3*3-6,10H,1-2H3;1H4. The first kappa shape index (κ1) is 27.5. The molecule has 6 nitrogen and oxygen atoms in total. The molecule has 170 valence electrons. The first-order valence-corrected chi connectivity index (χ1v) is 9.49. The molecule has 0 saturated heterocycles. The number of benzene rings is 3. The summed E-state index contributed by atoms with van der Waals surface area (Å²) in [6, 6.07) is 21.3. The van der Waals surface area contributed by atoms with Gasteiger partial charge in [0.1, 0.15) is 17.2 Å². The number of hydrogen-bond donors (Lipinski definition) is 3. The van der Waals surface area contributed by atoms with E-state index in [1.54, 1.807) is 36.4 Å². The zero-order chi connectivity index (χ0) is 22.7. The Labute approximate surface area is 187 Å². The van der Waals surface area contributed by atoms with Gasteiger partial charge in [0, 0.05) is 59.3 Å². The number of hydrogen-bond acceptors (Lipinski definition) is 6. The second-order valence-electron chi connectivity index (χ2n) is 7.23. The maximum absolute atomic E-state index is 8.92. The van der Waals surface area contributed by atoms with Crippen molar-refractivity contribution in [2.45, 2.75) is 7.43 Å². The minimum absolute atomic E-state index is 0. The summed E-state index contributed by atoms with van der Waals surface area (Å²) in [6.45, 7) is 0. The Hall–Kier alpha value is -3.54. The van der Waals surface area contributed by atoms with Gasteiger partial charge in [0.15, 0.2) is 0 Å². The Bertz CT molecular complexity index is 727. The number of anilines is 3. The molecule has 0 unspecified atom stereocenters. The van der Waals surface area contributed by atoms with Gasteiger partial charge in [0.05, 0.1) is 0 Å². The lowest BCUT2D eigenvalue weighted by Gasteiger charge is -2.11. The molecule has 3 N–H and O–H groups in total. The smallest absolute Gasteiger partial charge is 0.115 e. The van der Waals surface area contributed by atoms with E-state index in [-0.39, 0.29) is 7.43 Å². The highest BCUT2D eigenvalue weighted by atomic mass is 16.3. The van der Waals surface area contributed by atoms with E-state index >= 15 is 0 Å². The van der Waals surface area contributed by atoms with E-state index in [4.69, 9.17) is 15.3 Å². The van der Waals surface area contributed by atoms with Crippen LogP contribution in [0, 0.1) is 0 Å². The lowest BCUT2D eigenvalue weighted by Crippen LogP contribution is -2.07. The molecule has 0 atom stereocenters. The normalized spacial score (nSPS) is 9.10. The zero-order valence-corrected chi connectivity index (χ0v) is 18.6. The third-order valence-corrected chi connectivity index (χ3v) is 4.10. The summed E-state index contributed by atoms with van der Waals surface area (Å²) in [5.74, 6) is 0.932. The van der Waals surface area contributed by atoms with Gasteiger partial charge in [-0.2, -0.15) is 0 Å². The lowest BCUT2D eigenvalue weighted by atomic mass is 10.3. The summed E-state index contributed by atoms with van der Waals surface area (Å²) in [5.41, 5.74) is 3.29. The highest BCUT2D eigenvalue weighted by Gasteiger charge is 1.93. The fourth-order valence-electron chi connectivity index (χ4n) is 2.25. The van der Waals surface area contributed by atoms with Gasteiger partial charge in [-0.25, -0.2) is 0 Å². The van der Waals surface area contributed by atoms with Gasteiger partial charge in [-0.3, -0.25) is 0 Å². The second kappa shape index (κ2) is 13.6. The fourth-order valence-corrected chi connectivity index (χ4v) is 2.25. The predicted molar refractivity (Wildman–Crippen MR) is 134 cm³/mol. The Balaban J connectivity index is 0.000000429. The third-order valence-electron chi connectivity index (χ3n) is 4.10. The molecule has 0 radical (unpaired) electrons. The highest BCUT2D eigenvalue weighted by Crippen LogP contribution is 2.16. The van der Waals surface area contributed by atoms with E-state index in [0.29, 0.717) is 17.2 Å². The first-order valence-electron chi connectivity index (χ1n) is 9.49. The fraction of sp³-hybridized carbons (Fsp3) is 0.280. The van der Waals surface area contributed by atoms with E-state index in [9.17, 15) is 0 Å². The van der Waals surface area contributed by atoms with Crippen molar-refractivity contribution in [2.24, 2.45) is 0 Å². The number of aromatic hydroxyl groups is 3. The van der Waals surface area contributed by atoms with Gasteiger partial charge < -0.3 is 30.0 Å². The molecule has 0 bridgehead atoms. The van der Waals surface area contributed by atoms with Crippen LogP contribution in [0.2, 0.25) is 0 Å². The van der Waals surface area contributed by atoms with Crippen LogP contribution in [0.25, 0.3) is 0 Å². The maximum Gasteiger partial charge on any atom is 0.115 e. The van der Waals surface area contributed by atoms with Crippen LogP contribution in [0.3, 0.4) is 0 Å². The molecule has 0 aromatic heterocycles. The monoisotopic (exact) mass is 427 g/mol. The Morgan fingerprint density at radius 1 is 0.387 bits per heavy atom. The largest absolute Gasteiger partial charge is 0.508 e. The molecular formula is C25H37N3O3. The van der Waals surface area contributed by atoms with Crippen molar-refractivity contribution in [3.63, 3.8) is 0 Å². The van der Waals surface area contributed by atoms with Gasteiger partial charge >= 0.3 is 0 Å². The minimum Gasteiger partial charge on any atom is -0.508 e. The molecule has 31 heavy (non-hydrogen) atoms. The van der Waals surface area contributed by atoms with Gasteiger partial charge in [-0.05, 0) is 72.8 Å². The molecule has 3 aromatic rings. The minimum atomic E-state index is 0. The van der Waals surface area contributed by atoms with Crippen LogP contribution in [-0.4, -0.2) is 57.6 Å². The summed E-state index contributed by atoms with van der Waals surface area (Å²) < 4.78 is 0. The number of phenols is 3. The Morgan fingerprint density at radius 3 is 0.677 bits per heavy atom. The predicted octanol–water partition coefficient (Wildman–Crippen LogP) is 5.01. The summed E-state index contributed by atoms with van der Waals surface area (Å²) in [4.78, 5) is 5.96. The average molecular weight is 428 g/mol. The van der Waals surface area contributed by atoms with Crippen molar-refractivity contribution in [3.05, 3.63) is 72.8 Å². The number of rotatable bonds is 3. The van der Waals surface area contributed by atoms with Crippen LogP contribution in [0.5, 0.6) is 17.2 Å². The molecule has 0 aliphatic carbocycles. The summed E-state index contributed by atoms with van der Waals surface area (Å²) in [7, 11) is 11.8. The molecule has 0 amide bonds. The van der Waals surface area contributed by atoms with Crippen molar-refractivity contribution in [2.75, 3.05) is 57.0 Å². The van der Waals surface area contributed by atoms with E-state index < -0.39 is 0 Å². The summed E-state index contributed by atoms with van der Waals surface area (Å²) in [6.07, 6.45) is 0. The molecule has 0 aliphatic heterocycles. The molecule has 0 spiro atoms. The van der Waals surface area contributed by atoms with Gasteiger partial charge in [0.2, 0.25) is 0 Å². The maximum atomic E-state index is 8.92. The SMILES string of the molecule is C.CN(C)c1ccc(O)cc1.CN(C)c1ccc(O)cc1.CN(C)c1ccc(O)cc1. The summed E-state index contributed by atoms with van der Waals surface area (Å²) in [5, 5.41) is 26.8. The molecule has 0 aliphatic rings. The first-order chi connectivity index (χ1) is 14.1. The van der Waals surface area contributed by atoms with E-state index in [2.05, 4.69) is 0 Å². The van der Waals surface area contributed by atoms with Crippen LogP contribution < -0.4 is 14.7 Å². The summed E-state index contributed by atoms with van der Waals surface area (Å²) >= 11 is 0. The molecule has 0 fully saturated rings. The lowest BCUT2D eigenvalue weighted by molar-refractivity contribution is 0.475. The molecule has 3 aromatic carbocycles. The molecule has 6 heteroatoms. The van der Waals surface area contributed by atoms with Crippen molar-refractivity contribution >= 4 is 17.1 Å². The Morgan fingerprint density at radius 2 is 0.548 bits per heavy atom. The van der Waals surface area contributed by atoms with Crippen molar-refractivity contribution in [1.82, 2.24) is 0 Å². The van der Waals surface area contributed by atoms with Crippen LogP contribution in [0.1, 0.15) is 7.43 Å². The third kappa shape index (κ3) is 10.7. The quantitative estimate of drug-likeness (QED) is 0.546. The van der Waals surface area contributed by atoms with Gasteiger partial charge in [0.25, 0.3) is 0 Å². The van der Waals surface area contributed by atoms with Crippen LogP contribution in [0.15, 0.2) is 72.8 Å². The Kier molecular flexibility index (Phi) is 12.1. The zero-order valence-electron chi connectivity index (χ0n) is 18.6. The topological polar surface area (TPSA) is 70.4 Å². The average Bonchev–Trinajstić information content (AvgIpc) is 2.70. The second-order valence-corrected chi connectivity index (χ2v) is 7.23. The van der Waals surface area contributed by atoms with Crippen molar-refractivity contribution in [1.29, 1.82) is 0 Å². The molecular weight excluding hydrogens is 390 g/mol. The van der Waals surface area contributed by atoms with E-state index in [1.807, 2.05) is 93.4 Å². The van der Waals surface area contributed by atoms with Gasteiger partial charge in [-0.1, -0.05) is 7.43 Å². The van der Waals surface area contributed by atoms with E-state index in [1.165, 1.54) is 0 Å². The van der Waals surface area contributed by atoms with Gasteiger partial charge in [-0.15, -0.1) is 0 Å². The molecule has 3 rings (SSSR count). The van der Waals surface area contributed by atoms with E-state index in [0.717, 1.165) is 17.1 Å². The van der Waals surface area contributed by atoms with Crippen LogP contribution >= 0.6 is 0 Å². The van der Waals surface area contributed by atoms with Crippen molar-refractivity contribution in [3.8, 4) is 17.2 Å². The van der Waals surface area contributed by atoms with Crippen molar-refractivity contribution < 1.29 is 15.3 Å². The molecule has 0 saturated carbocycles.